The van der Waals surface area contributed by atoms with Gasteiger partial charge in [0, 0.05) is 24.7 Å². The van der Waals surface area contributed by atoms with E-state index in [1.54, 1.807) is 7.05 Å². The van der Waals surface area contributed by atoms with Crippen molar-refractivity contribution in [2.45, 2.75) is 18.6 Å². The van der Waals surface area contributed by atoms with E-state index in [9.17, 15) is 9.59 Å². The highest BCUT2D eigenvalue weighted by Crippen LogP contribution is 2.33. The van der Waals surface area contributed by atoms with Gasteiger partial charge in [-0.3, -0.25) is 9.59 Å². The number of nitrogens with zero attached hydrogens (tertiary/aromatic N) is 2. The van der Waals surface area contributed by atoms with E-state index in [1.807, 2.05) is 24.3 Å². The fraction of sp³-hybridized carbons (Fsp3) is 0.350. The molecule has 2 amide bonds. The van der Waals surface area contributed by atoms with Crippen molar-refractivity contribution in [2.24, 2.45) is 5.73 Å². The van der Waals surface area contributed by atoms with Gasteiger partial charge >= 0.3 is 0 Å². The van der Waals surface area contributed by atoms with Crippen molar-refractivity contribution in [2.75, 3.05) is 32.1 Å². The van der Waals surface area contributed by atoms with Crippen molar-refractivity contribution >= 4 is 28.2 Å². The number of hydrogen-bond donors (Lipinski definition) is 3. The number of rotatable bonds is 4. The van der Waals surface area contributed by atoms with E-state index in [2.05, 4.69) is 16.2 Å². The largest absolute Gasteiger partial charge is 0.383 e. The Morgan fingerprint density at radius 3 is 2.72 bits per heavy atom. The number of nitrogens with two attached hydrogens (primary N) is 1. The fourth-order valence-electron chi connectivity index (χ4n) is 2.76. The second kappa shape index (κ2) is 9.05. The van der Waals surface area contributed by atoms with E-state index in [4.69, 9.17) is 22.0 Å². The van der Waals surface area contributed by atoms with Gasteiger partial charge in [0.25, 0.3) is 11.8 Å². The van der Waals surface area contributed by atoms with Gasteiger partial charge in [-0.05, 0) is 18.6 Å². The van der Waals surface area contributed by atoms with E-state index in [-0.39, 0.29) is 17.6 Å². The topological polar surface area (TPSA) is 118 Å². The number of carbonyl (C=O) groups is 2. The van der Waals surface area contributed by atoms with Crippen molar-refractivity contribution in [1.82, 2.24) is 9.88 Å². The van der Waals surface area contributed by atoms with Crippen molar-refractivity contribution in [3.8, 4) is 22.9 Å². The number of likely N-dealkylation sites (N-methyl/N-ethyl adjacent to an activating group) is 1. The summed E-state index contributed by atoms with van der Waals surface area (Å²) in [5.74, 6) is 1.89. The molecule has 2 aliphatic heterocycles. The molecule has 1 aromatic heterocycles. The Kier molecular flexibility index (Phi) is 6.49. The Balaban J connectivity index is 0.000000252. The first kappa shape index (κ1) is 20.8. The van der Waals surface area contributed by atoms with E-state index < -0.39 is 12.0 Å². The molecule has 0 radical (unpaired) electrons. The van der Waals surface area contributed by atoms with Crippen LogP contribution < -0.4 is 11.1 Å². The molecule has 1 atom stereocenters. The first-order valence-electron chi connectivity index (χ1n) is 9.04. The molecule has 4 rings (SSSR count). The van der Waals surface area contributed by atoms with Crippen LogP contribution in [0.5, 0.6) is 0 Å². The predicted molar refractivity (Wildman–Crippen MR) is 110 cm³/mol. The number of nitrogens with one attached hydrogen (secondary N) is 1. The Hall–Kier alpha value is -2.93. The maximum Gasteiger partial charge on any atom is 0.270 e. The average molecular weight is 414 g/mol. The summed E-state index contributed by atoms with van der Waals surface area (Å²) in [6.07, 6.45) is 5.27. The molecule has 2 fully saturated rings. The average Bonchev–Trinajstić information content (AvgIpc) is 3.24. The number of aliphatic hydroxyl groups is 1. The summed E-state index contributed by atoms with van der Waals surface area (Å²) < 4.78 is 5.11. The van der Waals surface area contributed by atoms with Gasteiger partial charge in [0.05, 0.1) is 19.3 Å². The molecule has 8 nitrogen and oxygen atoms in total. The van der Waals surface area contributed by atoms with Gasteiger partial charge in [0.15, 0.2) is 5.69 Å². The SMILES string of the molecule is C#Cc1cccc(-c2nc(C(N)=O)c(NC3COC3)s2)c1.CN1CC[C@H](O)C1=O. The van der Waals surface area contributed by atoms with Gasteiger partial charge in [-0.15, -0.1) is 6.42 Å². The van der Waals surface area contributed by atoms with Crippen molar-refractivity contribution in [1.29, 1.82) is 0 Å². The van der Waals surface area contributed by atoms with Gasteiger partial charge in [-0.25, -0.2) is 4.98 Å². The third-order valence-corrected chi connectivity index (χ3v) is 5.54. The summed E-state index contributed by atoms with van der Waals surface area (Å²) in [6, 6.07) is 7.67. The number of carbonyl (C=O) groups excluding carboxylic acids is 2. The van der Waals surface area contributed by atoms with E-state index in [1.165, 1.54) is 16.2 Å². The summed E-state index contributed by atoms with van der Waals surface area (Å²) in [7, 11) is 1.69. The molecule has 4 N–H and O–H groups in total. The first-order chi connectivity index (χ1) is 13.9. The smallest absolute Gasteiger partial charge is 0.270 e. The maximum absolute atomic E-state index is 11.5. The Bertz CT molecular complexity index is 936. The van der Waals surface area contributed by atoms with Crippen LogP contribution in [0.2, 0.25) is 0 Å². The molecule has 0 spiro atoms. The second-order valence-corrected chi connectivity index (χ2v) is 7.73. The Morgan fingerprint density at radius 2 is 2.24 bits per heavy atom. The molecule has 0 saturated carbocycles. The second-order valence-electron chi connectivity index (χ2n) is 6.73. The number of anilines is 1. The standard InChI is InChI=1S/C15H13N3O2S.C5H9NO2/c1-2-9-4-3-5-10(6-9)14-18-12(13(16)19)15(21-14)17-11-7-20-8-11;1-6-3-2-4(7)5(6)8/h1,3-6,11,17H,7-8H2,(H2,16,19);4,7H,2-3H2,1H3/t;4-/m.0/s1. The predicted octanol–water partition coefficient (Wildman–Crippen LogP) is 0.910. The van der Waals surface area contributed by atoms with Crippen LogP contribution >= 0.6 is 11.3 Å². The molecule has 0 aliphatic carbocycles. The molecule has 2 saturated heterocycles. The summed E-state index contributed by atoms with van der Waals surface area (Å²) in [5, 5.41) is 13.4. The van der Waals surface area contributed by atoms with E-state index in [0.29, 0.717) is 36.2 Å². The van der Waals surface area contributed by atoms with Gasteiger partial charge in [0.2, 0.25) is 0 Å². The number of primary amides is 1. The molecule has 2 aliphatic rings. The van der Waals surface area contributed by atoms with Crippen LogP contribution in [0.1, 0.15) is 22.5 Å². The van der Waals surface area contributed by atoms with Crippen LogP contribution in [0, 0.1) is 12.3 Å². The van der Waals surface area contributed by atoms with Crippen molar-refractivity contribution < 1.29 is 19.4 Å². The number of likely N-dealkylation sites (tertiary alicyclic amines) is 1. The van der Waals surface area contributed by atoms with Crippen LogP contribution in [0.15, 0.2) is 24.3 Å². The zero-order valence-corrected chi connectivity index (χ0v) is 16.7. The van der Waals surface area contributed by atoms with Crippen LogP contribution in [-0.4, -0.2) is 65.8 Å². The van der Waals surface area contributed by atoms with Crippen LogP contribution in [0.4, 0.5) is 5.00 Å². The molecule has 152 valence electrons. The monoisotopic (exact) mass is 414 g/mol. The number of terminal acetylenes is 1. The van der Waals surface area contributed by atoms with Gasteiger partial charge < -0.3 is 25.8 Å². The molecule has 0 unspecified atom stereocenters. The Labute approximate surface area is 172 Å². The van der Waals surface area contributed by atoms with Gasteiger partial charge in [-0.2, -0.15) is 0 Å². The zero-order valence-electron chi connectivity index (χ0n) is 15.9. The summed E-state index contributed by atoms with van der Waals surface area (Å²) in [6.45, 7) is 1.94. The highest BCUT2D eigenvalue weighted by atomic mass is 32.1. The minimum absolute atomic E-state index is 0.148. The molecular weight excluding hydrogens is 392 g/mol. The van der Waals surface area contributed by atoms with Gasteiger partial charge in [-0.1, -0.05) is 29.4 Å². The number of ether oxygens (including phenoxy) is 1. The van der Waals surface area contributed by atoms with E-state index in [0.717, 1.165) is 11.1 Å². The quantitative estimate of drug-likeness (QED) is 0.640. The molecule has 9 heteroatoms. The van der Waals surface area contributed by atoms with Gasteiger partial charge in [0.1, 0.15) is 16.1 Å². The lowest BCUT2D eigenvalue weighted by atomic mass is 10.1. The molecule has 0 bridgehead atoms. The van der Waals surface area contributed by atoms with Crippen LogP contribution in [0.3, 0.4) is 0 Å². The van der Waals surface area contributed by atoms with Crippen molar-refractivity contribution in [3.05, 3.63) is 35.5 Å². The van der Waals surface area contributed by atoms with Crippen LogP contribution in [-0.2, 0) is 9.53 Å². The summed E-state index contributed by atoms with van der Waals surface area (Å²) in [4.78, 5) is 28.0. The number of aromatic nitrogens is 1. The molecule has 2 aromatic rings. The lowest BCUT2D eigenvalue weighted by molar-refractivity contribution is -0.133. The number of benzene rings is 1. The summed E-state index contributed by atoms with van der Waals surface area (Å²) in [5.41, 5.74) is 7.30. The lowest BCUT2D eigenvalue weighted by Crippen LogP contribution is -2.40. The number of aliphatic hydroxyl groups excluding tert-OH is 1. The molecule has 3 heterocycles. The van der Waals surface area contributed by atoms with Crippen LogP contribution in [0.25, 0.3) is 10.6 Å². The molecule has 1 aromatic carbocycles. The maximum atomic E-state index is 11.5. The van der Waals surface area contributed by atoms with E-state index >= 15 is 0 Å². The minimum atomic E-state index is -0.722. The van der Waals surface area contributed by atoms with Crippen molar-refractivity contribution in [3.63, 3.8) is 0 Å². The minimum Gasteiger partial charge on any atom is -0.383 e. The third-order valence-electron chi connectivity index (χ3n) is 4.51. The highest BCUT2D eigenvalue weighted by Gasteiger charge is 2.26. The number of amides is 2. The highest BCUT2D eigenvalue weighted by molar-refractivity contribution is 7.19. The lowest BCUT2D eigenvalue weighted by Gasteiger charge is -2.27. The normalized spacial score (nSPS) is 18.4. The Morgan fingerprint density at radius 1 is 1.48 bits per heavy atom. The number of thiazole rings is 1. The third kappa shape index (κ3) is 4.92. The first-order valence-corrected chi connectivity index (χ1v) is 9.85. The fourth-order valence-corrected chi connectivity index (χ4v) is 3.80. The molecule has 29 heavy (non-hydrogen) atoms. The summed E-state index contributed by atoms with van der Waals surface area (Å²) >= 11 is 1.39. The molecular formula is C20H22N4O4S. The number of hydrogen-bond acceptors (Lipinski definition) is 7. The zero-order chi connectivity index (χ0) is 21.0.